The lowest BCUT2D eigenvalue weighted by Gasteiger charge is -2.13. The molecule has 1 unspecified atom stereocenters. The molecule has 1 aromatic carbocycles. The van der Waals surface area contributed by atoms with Crippen molar-refractivity contribution in [3.8, 4) is 5.75 Å². The summed E-state index contributed by atoms with van der Waals surface area (Å²) in [6.07, 6.45) is 1.83. The quantitative estimate of drug-likeness (QED) is 0.737. The topological polar surface area (TPSA) is 41.5 Å². The van der Waals surface area contributed by atoms with Gasteiger partial charge in [0, 0.05) is 6.04 Å². The number of ether oxygens (including phenoxy) is 1. The average molecular weight is 223 g/mol. The summed E-state index contributed by atoms with van der Waals surface area (Å²) in [5, 5.41) is 12.0. The van der Waals surface area contributed by atoms with Crippen molar-refractivity contribution in [1.82, 2.24) is 5.32 Å². The minimum absolute atomic E-state index is 0.120. The van der Waals surface area contributed by atoms with Crippen LogP contribution in [0.3, 0.4) is 0 Å². The van der Waals surface area contributed by atoms with E-state index >= 15 is 0 Å². The third kappa shape index (κ3) is 4.21. The summed E-state index contributed by atoms with van der Waals surface area (Å²) in [7, 11) is 1.85. The fraction of sp³-hybridized carbons (Fsp3) is 0.538. The van der Waals surface area contributed by atoms with Crippen molar-refractivity contribution >= 4 is 0 Å². The van der Waals surface area contributed by atoms with Crippen LogP contribution in [0, 0.1) is 0 Å². The molecule has 0 bridgehead atoms. The standard InChI is InChI=1S/C13H21NO2/c1-3-11-5-4-6-13(9-11)16-8-7-12(10-15)14-2/h4-6,9,12,14-15H,3,7-8,10H2,1-2H3. The van der Waals surface area contributed by atoms with E-state index in [1.54, 1.807) is 0 Å². The summed E-state index contributed by atoms with van der Waals surface area (Å²) in [4.78, 5) is 0. The second-order valence-corrected chi connectivity index (χ2v) is 3.81. The molecule has 2 N–H and O–H groups in total. The van der Waals surface area contributed by atoms with Crippen molar-refractivity contribution in [2.24, 2.45) is 0 Å². The Morgan fingerprint density at radius 3 is 2.88 bits per heavy atom. The molecule has 0 spiro atoms. The minimum Gasteiger partial charge on any atom is -0.494 e. The van der Waals surface area contributed by atoms with E-state index in [0.29, 0.717) is 6.61 Å². The van der Waals surface area contributed by atoms with Crippen molar-refractivity contribution in [3.63, 3.8) is 0 Å². The second kappa shape index (κ2) is 7.25. The zero-order valence-electron chi connectivity index (χ0n) is 10.1. The highest BCUT2D eigenvalue weighted by Crippen LogP contribution is 2.13. The van der Waals surface area contributed by atoms with Gasteiger partial charge in [-0.15, -0.1) is 0 Å². The lowest BCUT2D eigenvalue weighted by atomic mass is 10.2. The van der Waals surface area contributed by atoms with Gasteiger partial charge >= 0.3 is 0 Å². The predicted octanol–water partition coefficient (Wildman–Crippen LogP) is 1.60. The van der Waals surface area contributed by atoms with Crippen LogP contribution in [0.2, 0.25) is 0 Å². The Bertz CT molecular complexity index is 298. The fourth-order valence-corrected chi connectivity index (χ4v) is 1.50. The molecule has 16 heavy (non-hydrogen) atoms. The van der Waals surface area contributed by atoms with Crippen LogP contribution in [0.5, 0.6) is 5.75 Å². The van der Waals surface area contributed by atoms with E-state index < -0.39 is 0 Å². The molecule has 0 saturated carbocycles. The molecular weight excluding hydrogens is 202 g/mol. The second-order valence-electron chi connectivity index (χ2n) is 3.81. The summed E-state index contributed by atoms with van der Waals surface area (Å²) in [5.41, 5.74) is 1.28. The van der Waals surface area contributed by atoms with Gasteiger partial charge in [-0.2, -0.15) is 0 Å². The van der Waals surface area contributed by atoms with E-state index in [-0.39, 0.29) is 12.6 Å². The maximum absolute atomic E-state index is 8.99. The van der Waals surface area contributed by atoms with Gasteiger partial charge in [0.25, 0.3) is 0 Å². The molecular formula is C13H21NO2. The van der Waals surface area contributed by atoms with Crippen molar-refractivity contribution in [1.29, 1.82) is 0 Å². The molecule has 1 atom stereocenters. The smallest absolute Gasteiger partial charge is 0.119 e. The van der Waals surface area contributed by atoms with Crippen LogP contribution in [0.4, 0.5) is 0 Å². The molecule has 0 aliphatic heterocycles. The fourth-order valence-electron chi connectivity index (χ4n) is 1.50. The maximum atomic E-state index is 8.99. The van der Waals surface area contributed by atoms with E-state index in [4.69, 9.17) is 9.84 Å². The van der Waals surface area contributed by atoms with Crippen LogP contribution in [-0.2, 0) is 6.42 Å². The first-order valence-corrected chi connectivity index (χ1v) is 5.80. The Balaban J connectivity index is 2.36. The number of benzene rings is 1. The van der Waals surface area contributed by atoms with Crippen LogP contribution in [0.1, 0.15) is 18.9 Å². The van der Waals surface area contributed by atoms with Gasteiger partial charge in [-0.3, -0.25) is 0 Å². The average Bonchev–Trinajstić information content (AvgIpc) is 2.35. The van der Waals surface area contributed by atoms with Crippen LogP contribution < -0.4 is 10.1 Å². The third-order valence-corrected chi connectivity index (χ3v) is 2.67. The Kier molecular flexibility index (Phi) is 5.90. The molecule has 1 rings (SSSR count). The van der Waals surface area contributed by atoms with Gasteiger partial charge in [0.05, 0.1) is 13.2 Å². The Labute approximate surface area is 97.4 Å². The number of hydrogen-bond donors (Lipinski definition) is 2. The molecule has 3 heteroatoms. The monoisotopic (exact) mass is 223 g/mol. The molecule has 0 aliphatic carbocycles. The third-order valence-electron chi connectivity index (χ3n) is 2.67. The van der Waals surface area contributed by atoms with Gasteiger partial charge < -0.3 is 15.2 Å². The number of hydrogen-bond acceptors (Lipinski definition) is 3. The lowest BCUT2D eigenvalue weighted by molar-refractivity contribution is 0.214. The van der Waals surface area contributed by atoms with Crippen LogP contribution in [0.15, 0.2) is 24.3 Å². The number of nitrogens with one attached hydrogen (secondary N) is 1. The van der Waals surface area contributed by atoms with Crippen LogP contribution in [-0.4, -0.2) is 31.4 Å². The lowest BCUT2D eigenvalue weighted by Crippen LogP contribution is -2.30. The molecule has 0 radical (unpaired) electrons. The maximum Gasteiger partial charge on any atom is 0.119 e. The molecule has 0 aliphatic rings. The Hall–Kier alpha value is -1.06. The SMILES string of the molecule is CCc1cccc(OCCC(CO)NC)c1. The predicted molar refractivity (Wildman–Crippen MR) is 65.9 cm³/mol. The zero-order valence-corrected chi connectivity index (χ0v) is 10.1. The largest absolute Gasteiger partial charge is 0.494 e. The highest BCUT2D eigenvalue weighted by Gasteiger charge is 2.03. The molecule has 90 valence electrons. The number of aliphatic hydroxyl groups excluding tert-OH is 1. The first kappa shape index (κ1) is 13.0. The zero-order chi connectivity index (χ0) is 11.8. The summed E-state index contributed by atoms with van der Waals surface area (Å²) in [5.74, 6) is 0.909. The Morgan fingerprint density at radius 1 is 1.44 bits per heavy atom. The summed E-state index contributed by atoms with van der Waals surface area (Å²) in [6, 6.07) is 8.25. The van der Waals surface area contributed by atoms with E-state index in [9.17, 15) is 0 Å². The number of aliphatic hydroxyl groups is 1. The molecule has 0 saturated heterocycles. The number of likely N-dealkylation sites (N-methyl/N-ethyl adjacent to an activating group) is 1. The molecule has 0 heterocycles. The summed E-state index contributed by atoms with van der Waals surface area (Å²) in [6.45, 7) is 2.90. The molecule has 0 fully saturated rings. The molecule has 1 aromatic rings. The number of aryl methyl sites for hydroxylation is 1. The highest BCUT2D eigenvalue weighted by atomic mass is 16.5. The van der Waals surface area contributed by atoms with E-state index in [1.807, 2.05) is 19.2 Å². The minimum atomic E-state index is 0.120. The van der Waals surface area contributed by atoms with Gasteiger partial charge in [-0.25, -0.2) is 0 Å². The summed E-state index contributed by atoms with van der Waals surface area (Å²) < 4.78 is 5.63. The first-order valence-electron chi connectivity index (χ1n) is 5.80. The normalized spacial score (nSPS) is 12.4. The van der Waals surface area contributed by atoms with E-state index in [0.717, 1.165) is 18.6 Å². The van der Waals surface area contributed by atoms with Crippen molar-refractivity contribution < 1.29 is 9.84 Å². The number of rotatable bonds is 7. The van der Waals surface area contributed by atoms with Gasteiger partial charge in [0.15, 0.2) is 0 Å². The van der Waals surface area contributed by atoms with Gasteiger partial charge in [0.1, 0.15) is 5.75 Å². The van der Waals surface area contributed by atoms with Gasteiger partial charge in [0.2, 0.25) is 0 Å². The van der Waals surface area contributed by atoms with Crippen LogP contribution in [0.25, 0.3) is 0 Å². The van der Waals surface area contributed by atoms with Gasteiger partial charge in [-0.1, -0.05) is 19.1 Å². The molecule has 0 amide bonds. The molecule has 0 aromatic heterocycles. The van der Waals surface area contributed by atoms with Crippen molar-refractivity contribution in [3.05, 3.63) is 29.8 Å². The van der Waals surface area contributed by atoms with Crippen molar-refractivity contribution in [2.45, 2.75) is 25.8 Å². The highest BCUT2D eigenvalue weighted by molar-refractivity contribution is 5.28. The first-order chi connectivity index (χ1) is 7.80. The van der Waals surface area contributed by atoms with Crippen LogP contribution >= 0.6 is 0 Å². The van der Waals surface area contributed by atoms with Crippen molar-refractivity contribution in [2.75, 3.05) is 20.3 Å². The summed E-state index contributed by atoms with van der Waals surface area (Å²) >= 11 is 0. The van der Waals surface area contributed by atoms with Gasteiger partial charge in [-0.05, 0) is 37.6 Å². The molecule has 3 nitrogen and oxygen atoms in total. The Morgan fingerprint density at radius 2 is 2.25 bits per heavy atom. The van der Waals surface area contributed by atoms with E-state index in [1.165, 1.54) is 5.56 Å². The van der Waals surface area contributed by atoms with E-state index in [2.05, 4.69) is 24.4 Å².